The summed E-state index contributed by atoms with van der Waals surface area (Å²) in [6.45, 7) is 10.9. The fourth-order valence-electron chi connectivity index (χ4n) is 7.25. The van der Waals surface area contributed by atoms with Gasteiger partial charge in [0.05, 0.1) is 41.8 Å². The molecule has 0 spiro atoms. The van der Waals surface area contributed by atoms with Crippen LogP contribution in [0.2, 0.25) is 5.02 Å². The molecule has 3 aliphatic heterocycles. The van der Waals surface area contributed by atoms with E-state index in [-0.39, 0.29) is 18.4 Å². The molecule has 0 saturated carbocycles. The Labute approximate surface area is 275 Å². The van der Waals surface area contributed by atoms with Crippen LogP contribution < -0.4 is 14.5 Å². The summed E-state index contributed by atoms with van der Waals surface area (Å²) in [6.07, 6.45) is 2.95. The molecule has 9 nitrogen and oxygen atoms in total. The summed E-state index contributed by atoms with van der Waals surface area (Å²) in [7, 11) is 2.11. The number of nitrogens with zero attached hydrogens (tertiary/aromatic N) is 7. The average Bonchev–Trinajstić information content (AvgIpc) is 3.46. The summed E-state index contributed by atoms with van der Waals surface area (Å²) in [5, 5.41) is 12.5. The Hall–Kier alpha value is -3.94. The van der Waals surface area contributed by atoms with Crippen LogP contribution >= 0.6 is 11.6 Å². The number of likely N-dealkylation sites (N-methyl/N-ethyl adjacent to an activating group) is 1. The van der Waals surface area contributed by atoms with Crippen molar-refractivity contribution in [3.63, 3.8) is 0 Å². The van der Waals surface area contributed by atoms with Gasteiger partial charge in [-0.1, -0.05) is 56.3 Å². The standard InChI is InChI=1S/C35H41ClFN7O2/c1-22(2)31-20-43(18-25(13-15-38)44(31)34(45)23(3)37)33-27-14-17-42(30-12-6-9-24-8-5-11-28(36)32(24)30)19-29(27)39-35(40-33)46-21-26-10-7-16-41(26)4/h5-6,8-9,11-12,22,25-26,31H,3,7,10,13-14,16-21H2,1-2,4H3/t25-,26-,31?/m0/s1. The van der Waals surface area contributed by atoms with Crippen LogP contribution in [0.15, 0.2) is 48.8 Å². The molecule has 1 aromatic heterocycles. The number of hydrogen-bond donors (Lipinski definition) is 0. The molecule has 1 amide bonds. The van der Waals surface area contributed by atoms with E-state index >= 15 is 0 Å². The third-order valence-corrected chi connectivity index (χ3v) is 10.0. The van der Waals surface area contributed by atoms with E-state index in [2.05, 4.69) is 58.7 Å². The first-order chi connectivity index (χ1) is 22.2. The number of rotatable bonds is 8. The number of ether oxygens (including phenoxy) is 1. The number of benzene rings is 2. The number of likely N-dealkylation sites (tertiary alicyclic amines) is 1. The molecule has 0 radical (unpaired) electrons. The highest BCUT2D eigenvalue weighted by Gasteiger charge is 2.41. The number of anilines is 2. The summed E-state index contributed by atoms with van der Waals surface area (Å²) in [5.41, 5.74) is 2.96. The van der Waals surface area contributed by atoms with Gasteiger partial charge in [-0.05, 0) is 56.3 Å². The lowest BCUT2D eigenvalue weighted by molar-refractivity contribution is -0.135. The quantitative estimate of drug-likeness (QED) is 0.286. The molecule has 2 aromatic carbocycles. The van der Waals surface area contributed by atoms with Crippen LogP contribution in [0.5, 0.6) is 6.01 Å². The van der Waals surface area contributed by atoms with Crippen LogP contribution in [-0.4, -0.2) is 83.6 Å². The van der Waals surface area contributed by atoms with Crippen LogP contribution in [0.1, 0.15) is 44.4 Å². The zero-order valence-electron chi connectivity index (χ0n) is 26.8. The normalized spacial score (nSPS) is 21.8. The largest absolute Gasteiger partial charge is 0.462 e. The van der Waals surface area contributed by atoms with Crippen molar-refractivity contribution in [1.82, 2.24) is 19.8 Å². The summed E-state index contributed by atoms with van der Waals surface area (Å²) < 4.78 is 20.6. The highest BCUT2D eigenvalue weighted by molar-refractivity contribution is 6.36. The number of carbonyl (C=O) groups excluding carboxylic acids is 1. The zero-order chi connectivity index (χ0) is 32.5. The molecule has 46 heavy (non-hydrogen) atoms. The van der Waals surface area contributed by atoms with E-state index in [9.17, 15) is 14.4 Å². The number of nitriles is 1. The van der Waals surface area contributed by atoms with Crippen LogP contribution in [0.3, 0.4) is 0 Å². The predicted molar refractivity (Wildman–Crippen MR) is 179 cm³/mol. The smallest absolute Gasteiger partial charge is 0.318 e. The van der Waals surface area contributed by atoms with Gasteiger partial charge in [0.15, 0.2) is 5.83 Å². The van der Waals surface area contributed by atoms with Gasteiger partial charge in [0, 0.05) is 42.3 Å². The van der Waals surface area contributed by atoms with Gasteiger partial charge in [-0.3, -0.25) is 4.79 Å². The van der Waals surface area contributed by atoms with Crippen LogP contribution in [0, 0.1) is 17.2 Å². The highest BCUT2D eigenvalue weighted by atomic mass is 35.5. The van der Waals surface area contributed by atoms with E-state index < -0.39 is 17.8 Å². The molecule has 0 N–H and O–H groups in total. The van der Waals surface area contributed by atoms with Gasteiger partial charge in [-0.25, -0.2) is 4.39 Å². The van der Waals surface area contributed by atoms with Crippen molar-refractivity contribution in [2.75, 3.05) is 49.6 Å². The fourth-order valence-corrected chi connectivity index (χ4v) is 7.53. The number of carbonyl (C=O) groups is 1. The minimum absolute atomic E-state index is 0.00480. The fraction of sp³-hybridized carbons (Fsp3) is 0.486. The van der Waals surface area contributed by atoms with Crippen molar-refractivity contribution in [3.05, 3.63) is 65.1 Å². The average molecular weight is 646 g/mol. The lowest BCUT2D eigenvalue weighted by Gasteiger charge is -2.48. The van der Waals surface area contributed by atoms with Crippen molar-refractivity contribution in [3.8, 4) is 12.1 Å². The van der Waals surface area contributed by atoms with E-state index in [1.165, 1.54) is 4.90 Å². The van der Waals surface area contributed by atoms with Crippen LogP contribution in [0.25, 0.3) is 10.8 Å². The monoisotopic (exact) mass is 645 g/mol. The maximum absolute atomic E-state index is 14.2. The van der Waals surface area contributed by atoms with Crippen molar-refractivity contribution in [2.45, 2.75) is 64.2 Å². The predicted octanol–water partition coefficient (Wildman–Crippen LogP) is 5.76. The third kappa shape index (κ3) is 6.23. The number of halogens is 2. The molecule has 2 saturated heterocycles. The number of aromatic nitrogens is 2. The lowest BCUT2D eigenvalue weighted by atomic mass is 9.93. The van der Waals surface area contributed by atoms with E-state index in [0.717, 1.165) is 59.5 Å². The highest BCUT2D eigenvalue weighted by Crippen LogP contribution is 2.38. The van der Waals surface area contributed by atoms with Crippen LogP contribution in [-0.2, 0) is 17.8 Å². The lowest BCUT2D eigenvalue weighted by Crippen LogP contribution is -2.62. The molecule has 11 heteroatoms. The molecular weight excluding hydrogens is 605 g/mol. The Bertz CT molecular complexity index is 1670. The van der Waals surface area contributed by atoms with E-state index in [1.54, 1.807) is 0 Å². The molecule has 242 valence electrons. The summed E-state index contributed by atoms with van der Waals surface area (Å²) >= 11 is 6.72. The maximum atomic E-state index is 14.2. The Morgan fingerprint density at radius 3 is 2.63 bits per heavy atom. The van der Waals surface area contributed by atoms with Crippen molar-refractivity contribution in [1.29, 1.82) is 5.26 Å². The van der Waals surface area contributed by atoms with Gasteiger partial charge in [-0.2, -0.15) is 15.2 Å². The Kier molecular flexibility index (Phi) is 9.34. The minimum atomic E-state index is -1.01. The second-order valence-corrected chi connectivity index (χ2v) is 13.4. The molecule has 3 aliphatic rings. The third-order valence-electron chi connectivity index (χ3n) is 9.72. The van der Waals surface area contributed by atoms with Gasteiger partial charge in [0.2, 0.25) is 0 Å². The maximum Gasteiger partial charge on any atom is 0.318 e. The second kappa shape index (κ2) is 13.4. The summed E-state index contributed by atoms with van der Waals surface area (Å²) in [5.74, 6) is -1.000. The zero-order valence-corrected chi connectivity index (χ0v) is 27.5. The molecule has 0 bridgehead atoms. The molecule has 6 rings (SSSR count). The first-order valence-corrected chi connectivity index (χ1v) is 16.5. The van der Waals surface area contributed by atoms with Gasteiger partial charge in [0.25, 0.3) is 5.91 Å². The minimum Gasteiger partial charge on any atom is -0.462 e. The van der Waals surface area contributed by atoms with Gasteiger partial charge in [-0.15, -0.1) is 0 Å². The first kappa shape index (κ1) is 32.0. The number of hydrogen-bond acceptors (Lipinski definition) is 8. The Morgan fingerprint density at radius 2 is 1.93 bits per heavy atom. The van der Waals surface area contributed by atoms with E-state index in [4.69, 9.17) is 26.3 Å². The number of fused-ring (bicyclic) bond motifs is 2. The van der Waals surface area contributed by atoms with Crippen molar-refractivity contribution in [2.24, 2.45) is 5.92 Å². The molecule has 1 unspecified atom stereocenters. The molecule has 4 heterocycles. The SMILES string of the molecule is C=C(F)C(=O)N1C(C(C)C)CN(c2nc(OC[C@@H]3CCCN3C)nc3c2CCN(c2cccc4cccc(Cl)c24)C3)C[C@@H]1CC#N. The summed E-state index contributed by atoms with van der Waals surface area (Å²) in [6, 6.07) is 14.1. The van der Waals surface area contributed by atoms with Crippen LogP contribution in [0.4, 0.5) is 15.9 Å². The number of piperazine rings is 1. The first-order valence-electron chi connectivity index (χ1n) is 16.1. The van der Waals surface area contributed by atoms with E-state index in [1.807, 2.05) is 26.0 Å². The van der Waals surface area contributed by atoms with E-state index in [0.29, 0.717) is 49.7 Å². The topological polar surface area (TPSA) is 88.8 Å². The van der Waals surface area contributed by atoms with Crippen molar-refractivity contribution < 1.29 is 13.9 Å². The number of amides is 1. The second-order valence-electron chi connectivity index (χ2n) is 13.0. The van der Waals surface area contributed by atoms with Gasteiger partial charge < -0.3 is 24.3 Å². The van der Waals surface area contributed by atoms with Crippen molar-refractivity contribution >= 4 is 39.8 Å². The van der Waals surface area contributed by atoms with Gasteiger partial charge >= 0.3 is 6.01 Å². The Balaban J connectivity index is 1.38. The molecule has 0 aliphatic carbocycles. The molecule has 3 atom stereocenters. The molecule has 2 fully saturated rings. The Morgan fingerprint density at radius 1 is 1.15 bits per heavy atom. The van der Waals surface area contributed by atoms with Gasteiger partial charge in [0.1, 0.15) is 12.4 Å². The molecule has 3 aromatic rings. The molecular formula is C35H41ClFN7O2. The summed E-state index contributed by atoms with van der Waals surface area (Å²) in [4.78, 5) is 31.3.